The molecular formula is C17H22N2O3. The molecule has 2 amide bonds. The van der Waals surface area contributed by atoms with Gasteiger partial charge in [0.25, 0.3) is 0 Å². The van der Waals surface area contributed by atoms with Crippen LogP contribution in [0.3, 0.4) is 0 Å². The molecule has 2 aliphatic rings. The van der Waals surface area contributed by atoms with E-state index in [0.717, 1.165) is 29.8 Å². The lowest BCUT2D eigenvalue weighted by Crippen LogP contribution is -2.38. The summed E-state index contributed by atoms with van der Waals surface area (Å²) < 4.78 is 5.69. The molecule has 1 aromatic carbocycles. The number of anilines is 1. The molecule has 1 unspecified atom stereocenters. The molecule has 118 valence electrons. The lowest BCUT2D eigenvalue weighted by molar-refractivity contribution is -0.126. The molecule has 0 radical (unpaired) electrons. The van der Waals surface area contributed by atoms with Crippen LogP contribution in [-0.2, 0) is 16.0 Å². The molecule has 1 fully saturated rings. The molecule has 0 saturated heterocycles. The first kappa shape index (κ1) is 14.9. The number of carbonyl (C=O) groups is 2. The molecule has 1 aliphatic carbocycles. The highest BCUT2D eigenvalue weighted by Crippen LogP contribution is 2.30. The summed E-state index contributed by atoms with van der Waals surface area (Å²) in [7, 11) is 0. The Labute approximate surface area is 130 Å². The van der Waals surface area contributed by atoms with E-state index >= 15 is 0 Å². The molecule has 1 atom stereocenters. The quantitative estimate of drug-likeness (QED) is 0.895. The average Bonchev–Trinajstić information content (AvgIpc) is 3.30. The van der Waals surface area contributed by atoms with E-state index in [1.807, 2.05) is 32.0 Å². The van der Waals surface area contributed by atoms with Gasteiger partial charge in [-0.15, -0.1) is 0 Å². The van der Waals surface area contributed by atoms with Gasteiger partial charge in [-0.1, -0.05) is 13.8 Å². The summed E-state index contributed by atoms with van der Waals surface area (Å²) in [6, 6.07) is 5.97. The van der Waals surface area contributed by atoms with Gasteiger partial charge in [0, 0.05) is 17.6 Å². The summed E-state index contributed by atoms with van der Waals surface area (Å²) in [5.74, 6) is 0.649. The molecule has 3 rings (SSSR count). The number of benzene rings is 1. The molecule has 0 bridgehead atoms. The van der Waals surface area contributed by atoms with E-state index in [4.69, 9.17) is 4.74 Å². The van der Waals surface area contributed by atoms with Crippen LogP contribution in [0.1, 0.15) is 32.3 Å². The molecule has 0 aromatic heterocycles. The SMILES string of the molecule is CC(C)C(=O)Nc1ccc2c(c1)CC(C(=O)NC1CC1)CO2. The Kier molecular flexibility index (Phi) is 4.05. The number of nitrogens with one attached hydrogen (secondary N) is 2. The molecule has 1 aromatic rings. The van der Waals surface area contributed by atoms with Crippen LogP contribution in [-0.4, -0.2) is 24.5 Å². The Balaban J connectivity index is 1.68. The fourth-order valence-corrected chi connectivity index (χ4v) is 2.47. The average molecular weight is 302 g/mol. The largest absolute Gasteiger partial charge is 0.492 e. The lowest BCUT2D eigenvalue weighted by Gasteiger charge is -2.25. The maximum absolute atomic E-state index is 12.1. The van der Waals surface area contributed by atoms with E-state index in [0.29, 0.717) is 19.1 Å². The minimum Gasteiger partial charge on any atom is -0.492 e. The van der Waals surface area contributed by atoms with Gasteiger partial charge in [0.2, 0.25) is 11.8 Å². The fraction of sp³-hybridized carbons (Fsp3) is 0.529. The predicted octanol–water partition coefficient (Wildman–Crippen LogP) is 2.11. The Bertz CT molecular complexity index is 594. The first-order valence-electron chi connectivity index (χ1n) is 7.90. The van der Waals surface area contributed by atoms with Gasteiger partial charge in [-0.2, -0.15) is 0 Å². The van der Waals surface area contributed by atoms with Crippen molar-refractivity contribution >= 4 is 17.5 Å². The first-order valence-corrected chi connectivity index (χ1v) is 7.90. The van der Waals surface area contributed by atoms with Crippen LogP contribution < -0.4 is 15.4 Å². The second kappa shape index (κ2) is 5.99. The monoisotopic (exact) mass is 302 g/mol. The number of carbonyl (C=O) groups excluding carboxylic acids is 2. The fourth-order valence-electron chi connectivity index (χ4n) is 2.47. The topological polar surface area (TPSA) is 67.4 Å². The van der Waals surface area contributed by atoms with Gasteiger partial charge < -0.3 is 15.4 Å². The van der Waals surface area contributed by atoms with Gasteiger partial charge >= 0.3 is 0 Å². The van der Waals surface area contributed by atoms with Crippen LogP contribution in [0.2, 0.25) is 0 Å². The van der Waals surface area contributed by atoms with Crippen LogP contribution in [0.4, 0.5) is 5.69 Å². The Morgan fingerprint density at radius 3 is 2.73 bits per heavy atom. The van der Waals surface area contributed by atoms with E-state index in [1.54, 1.807) is 0 Å². The van der Waals surface area contributed by atoms with Crippen LogP contribution >= 0.6 is 0 Å². The Morgan fingerprint density at radius 1 is 1.27 bits per heavy atom. The molecule has 0 spiro atoms. The number of amides is 2. The van der Waals surface area contributed by atoms with Crippen molar-refractivity contribution in [3.05, 3.63) is 23.8 Å². The minimum absolute atomic E-state index is 0.0142. The summed E-state index contributed by atoms with van der Waals surface area (Å²) in [4.78, 5) is 23.9. The highest BCUT2D eigenvalue weighted by Gasteiger charge is 2.30. The van der Waals surface area contributed by atoms with Crippen molar-refractivity contribution in [3.63, 3.8) is 0 Å². The molecule has 1 heterocycles. The van der Waals surface area contributed by atoms with Crippen molar-refractivity contribution in [1.82, 2.24) is 5.32 Å². The number of hydrogen-bond acceptors (Lipinski definition) is 3. The third-order valence-electron chi connectivity index (χ3n) is 4.05. The van der Waals surface area contributed by atoms with Gasteiger partial charge in [0.15, 0.2) is 0 Å². The third-order valence-corrected chi connectivity index (χ3v) is 4.05. The maximum atomic E-state index is 12.1. The number of fused-ring (bicyclic) bond motifs is 1. The van der Waals surface area contributed by atoms with E-state index in [9.17, 15) is 9.59 Å². The highest BCUT2D eigenvalue weighted by atomic mass is 16.5. The van der Waals surface area contributed by atoms with Crippen molar-refractivity contribution < 1.29 is 14.3 Å². The van der Waals surface area contributed by atoms with Gasteiger partial charge in [0.1, 0.15) is 12.4 Å². The van der Waals surface area contributed by atoms with Crippen molar-refractivity contribution in [2.45, 2.75) is 39.2 Å². The van der Waals surface area contributed by atoms with Crippen LogP contribution in [0.25, 0.3) is 0 Å². The second-order valence-corrected chi connectivity index (χ2v) is 6.46. The zero-order chi connectivity index (χ0) is 15.7. The molecule has 1 saturated carbocycles. The normalized spacial score (nSPS) is 20.0. The summed E-state index contributed by atoms with van der Waals surface area (Å²) in [6.45, 7) is 4.13. The molecule has 22 heavy (non-hydrogen) atoms. The number of ether oxygens (including phenoxy) is 1. The Hall–Kier alpha value is -2.04. The van der Waals surface area contributed by atoms with Crippen LogP contribution in [0.5, 0.6) is 5.75 Å². The molecule has 2 N–H and O–H groups in total. The Morgan fingerprint density at radius 2 is 2.05 bits per heavy atom. The van der Waals surface area contributed by atoms with E-state index in [-0.39, 0.29) is 23.7 Å². The van der Waals surface area contributed by atoms with Crippen molar-refractivity contribution in [2.75, 3.05) is 11.9 Å². The van der Waals surface area contributed by atoms with Gasteiger partial charge in [-0.3, -0.25) is 9.59 Å². The molecule has 5 heteroatoms. The number of hydrogen-bond donors (Lipinski definition) is 2. The summed E-state index contributed by atoms with van der Waals surface area (Å²) in [6.07, 6.45) is 2.82. The maximum Gasteiger partial charge on any atom is 0.227 e. The highest BCUT2D eigenvalue weighted by molar-refractivity contribution is 5.92. The molecular weight excluding hydrogens is 280 g/mol. The van der Waals surface area contributed by atoms with Gasteiger partial charge in [-0.05, 0) is 43.0 Å². The van der Waals surface area contributed by atoms with Crippen molar-refractivity contribution in [2.24, 2.45) is 11.8 Å². The molecule has 1 aliphatic heterocycles. The minimum atomic E-state index is -0.149. The van der Waals surface area contributed by atoms with Crippen LogP contribution in [0, 0.1) is 11.8 Å². The standard InChI is InChI=1S/C17H22N2O3/c1-10(2)16(20)19-14-5-6-15-11(8-14)7-12(9-22-15)17(21)18-13-3-4-13/h5-6,8,10,12-13H,3-4,7,9H2,1-2H3,(H,18,21)(H,19,20). The smallest absolute Gasteiger partial charge is 0.227 e. The van der Waals surface area contributed by atoms with Gasteiger partial charge in [0.05, 0.1) is 5.92 Å². The lowest BCUT2D eigenvalue weighted by atomic mass is 9.95. The van der Waals surface area contributed by atoms with Crippen molar-refractivity contribution in [1.29, 1.82) is 0 Å². The van der Waals surface area contributed by atoms with Gasteiger partial charge in [-0.25, -0.2) is 0 Å². The van der Waals surface area contributed by atoms with Crippen molar-refractivity contribution in [3.8, 4) is 5.75 Å². The van der Waals surface area contributed by atoms with E-state index in [1.165, 1.54) is 0 Å². The predicted molar refractivity (Wildman–Crippen MR) is 83.8 cm³/mol. The zero-order valence-electron chi connectivity index (χ0n) is 13.0. The third kappa shape index (κ3) is 3.40. The van der Waals surface area contributed by atoms with Crippen LogP contribution in [0.15, 0.2) is 18.2 Å². The van der Waals surface area contributed by atoms with E-state index < -0.39 is 0 Å². The van der Waals surface area contributed by atoms with E-state index in [2.05, 4.69) is 10.6 Å². The zero-order valence-corrected chi connectivity index (χ0v) is 13.0. The number of rotatable bonds is 4. The second-order valence-electron chi connectivity index (χ2n) is 6.46. The first-order chi connectivity index (χ1) is 10.5. The summed E-state index contributed by atoms with van der Waals surface area (Å²) in [5.41, 5.74) is 1.73. The molecule has 5 nitrogen and oxygen atoms in total. The summed E-state index contributed by atoms with van der Waals surface area (Å²) in [5, 5.41) is 5.91. The summed E-state index contributed by atoms with van der Waals surface area (Å²) >= 11 is 0.